The van der Waals surface area contributed by atoms with Crippen molar-refractivity contribution in [3.05, 3.63) is 0 Å². The fourth-order valence-corrected chi connectivity index (χ4v) is 1.68. The average molecular weight is 158 g/mol. The summed E-state index contributed by atoms with van der Waals surface area (Å²) < 4.78 is 5.13. The molecular formula is C8H14O3. The lowest BCUT2D eigenvalue weighted by molar-refractivity contribution is -0.138. The van der Waals surface area contributed by atoms with Crippen molar-refractivity contribution in [2.75, 3.05) is 7.11 Å². The van der Waals surface area contributed by atoms with Crippen molar-refractivity contribution in [2.45, 2.75) is 31.8 Å². The molecule has 3 heteroatoms. The largest absolute Gasteiger partial charge is 0.481 e. The topological polar surface area (TPSA) is 46.5 Å². The van der Waals surface area contributed by atoms with E-state index in [1.54, 1.807) is 7.11 Å². The van der Waals surface area contributed by atoms with Crippen LogP contribution in [0.2, 0.25) is 0 Å². The fraction of sp³-hybridized carbons (Fsp3) is 0.875. The standard InChI is InChI=1S/C8H14O3/c1-11-7-3-2-6(4-7)5-8(9)10/h6-7H,2-5H2,1H3,(H,9,10)/t6-,7-/m1/s1. The van der Waals surface area contributed by atoms with Crippen molar-refractivity contribution in [3.63, 3.8) is 0 Å². The van der Waals surface area contributed by atoms with Gasteiger partial charge in [0, 0.05) is 13.5 Å². The maximum atomic E-state index is 10.3. The molecule has 0 saturated heterocycles. The first kappa shape index (κ1) is 8.53. The van der Waals surface area contributed by atoms with Gasteiger partial charge < -0.3 is 9.84 Å². The van der Waals surface area contributed by atoms with Gasteiger partial charge in [-0.2, -0.15) is 0 Å². The number of methoxy groups -OCH3 is 1. The zero-order valence-corrected chi connectivity index (χ0v) is 6.75. The average Bonchev–Trinajstić information content (AvgIpc) is 2.34. The molecule has 1 rings (SSSR count). The van der Waals surface area contributed by atoms with Gasteiger partial charge in [0.2, 0.25) is 0 Å². The summed E-state index contributed by atoms with van der Waals surface area (Å²) in [6.07, 6.45) is 3.56. The van der Waals surface area contributed by atoms with Crippen LogP contribution in [-0.4, -0.2) is 24.3 Å². The number of hydrogen-bond acceptors (Lipinski definition) is 2. The van der Waals surface area contributed by atoms with Crippen molar-refractivity contribution in [2.24, 2.45) is 5.92 Å². The third kappa shape index (κ3) is 2.50. The first-order chi connectivity index (χ1) is 5.22. The summed E-state index contributed by atoms with van der Waals surface area (Å²) in [6, 6.07) is 0. The van der Waals surface area contributed by atoms with Gasteiger partial charge in [0.15, 0.2) is 0 Å². The zero-order chi connectivity index (χ0) is 8.27. The van der Waals surface area contributed by atoms with Crippen LogP contribution in [-0.2, 0) is 9.53 Å². The molecule has 1 saturated carbocycles. The molecule has 1 fully saturated rings. The summed E-state index contributed by atoms with van der Waals surface area (Å²) in [5, 5.41) is 8.49. The summed E-state index contributed by atoms with van der Waals surface area (Å²) in [5.41, 5.74) is 0. The van der Waals surface area contributed by atoms with Gasteiger partial charge in [-0.25, -0.2) is 0 Å². The van der Waals surface area contributed by atoms with E-state index >= 15 is 0 Å². The lowest BCUT2D eigenvalue weighted by Crippen LogP contribution is -2.07. The molecule has 1 aliphatic rings. The van der Waals surface area contributed by atoms with Gasteiger partial charge in [-0.1, -0.05) is 0 Å². The highest BCUT2D eigenvalue weighted by Crippen LogP contribution is 2.29. The van der Waals surface area contributed by atoms with Gasteiger partial charge in [-0.15, -0.1) is 0 Å². The molecule has 0 unspecified atom stereocenters. The maximum absolute atomic E-state index is 10.3. The third-order valence-electron chi connectivity index (χ3n) is 2.29. The van der Waals surface area contributed by atoms with Crippen LogP contribution in [0.25, 0.3) is 0 Å². The van der Waals surface area contributed by atoms with Gasteiger partial charge in [-0.05, 0) is 25.2 Å². The van der Waals surface area contributed by atoms with E-state index in [2.05, 4.69) is 0 Å². The van der Waals surface area contributed by atoms with E-state index < -0.39 is 5.97 Å². The number of rotatable bonds is 3. The van der Waals surface area contributed by atoms with Gasteiger partial charge in [-0.3, -0.25) is 4.79 Å². The molecule has 0 amide bonds. The Bertz CT molecular complexity index is 144. The molecule has 0 radical (unpaired) electrons. The second-order valence-corrected chi connectivity index (χ2v) is 3.13. The summed E-state index contributed by atoms with van der Waals surface area (Å²) >= 11 is 0. The quantitative estimate of drug-likeness (QED) is 0.673. The second kappa shape index (κ2) is 3.72. The van der Waals surface area contributed by atoms with Crippen molar-refractivity contribution < 1.29 is 14.6 Å². The van der Waals surface area contributed by atoms with E-state index in [0.717, 1.165) is 19.3 Å². The molecule has 0 heterocycles. The number of ether oxygens (including phenoxy) is 1. The van der Waals surface area contributed by atoms with E-state index in [4.69, 9.17) is 9.84 Å². The van der Waals surface area contributed by atoms with Crippen LogP contribution in [0.15, 0.2) is 0 Å². The Morgan fingerprint density at radius 3 is 2.82 bits per heavy atom. The highest BCUT2D eigenvalue weighted by atomic mass is 16.5. The first-order valence-electron chi connectivity index (χ1n) is 3.97. The minimum Gasteiger partial charge on any atom is -0.481 e. The number of aliphatic carboxylic acids is 1. The molecule has 2 atom stereocenters. The molecule has 0 aromatic rings. The summed E-state index contributed by atoms with van der Waals surface area (Å²) in [5.74, 6) is -0.343. The Hall–Kier alpha value is -0.570. The Morgan fingerprint density at radius 2 is 2.36 bits per heavy atom. The molecule has 1 aliphatic carbocycles. The Morgan fingerprint density at radius 1 is 1.64 bits per heavy atom. The molecule has 0 aromatic carbocycles. The Balaban J connectivity index is 2.24. The summed E-state index contributed by atoms with van der Waals surface area (Å²) in [4.78, 5) is 10.3. The maximum Gasteiger partial charge on any atom is 0.303 e. The summed E-state index contributed by atoms with van der Waals surface area (Å²) in [6.45, 7) is 0. The predicted molar refractivity (Wildman–Crippen MR) is 40.4 cm³/mol. The van der Waals surface area contributed by atoms with E-state index in [1.807, 2.05) is 0 Å². The molecule has 0 spiro atoms. The molecule has 0 aliphatic heterocycles. The molecule has 3 nitrogen and oxygen atoms in total. The second-order valence-electron chi connectivity index (χ2n) is 3.13. The van der Waals surface area contributed by atoms with Crippen LogP contribution in [0, 0.1) is 5.92 Å². The van der Waals surface area contributed by atoms with Gasteiger partial charge >= 0.3 is 5.97 Å². The Kier molecular flexibility index (Phi) is 2.88. The molecule has 0 bridgehead atoms. The monoisotopic (exact) mass is 158 g/mol. The first-order valence-corrected chi connectivity index (χ1v) is 3.97. The molecule has 1 N–H and O–H groups in total. The van der Waals surface area contributed by atoms with E-state index in [-0.39, 0.29) is 0 Å². The van der Waals surface area contributed by atoms with Crippen LogP contribution >= 0.6 is 0 Å². The van der Waals surface area contributed by atoms with Gasteiger partial charge in [0.05, 0.1) is 6.10 Å². The fourth-order valence-electron chi connectivity index (χ4n) is 1.68. The molecule has 0 aromatic heterocycles. The van der Waals surface area contributed by atoms with Gasteiger partial charge in [0.1, 0.15) is 0 Å². The van der Waals surface area contributed by atoms with Crippen LogP contribution in [0.3, 0.4) is 0 Å². The minimum atomic E-state index is -0.688. The SMILES string of the molecule is CO[C@@H]1CC[C@@H](CC(=O)O)C1. The van der Waals surface area contributed by atoms with Crippen molar-refractivity contribution in [1.29, 1.82) is 0 Å². The van der Waals surface area contributed by atoms with Crippen LogP contribution in [0.5, 0.6) is 0 Å². The zero-order valence-electron chi connectivity index (χ0n) is 6.75. The van der Waals surface area contributed by atoms with Crippen molar-refractivity contribution in [1.82, 2.24) is 0 Å². The lowest BCUT2D eigenvalue weighted by atomic mass is 10.0. The highest BCUT2D eigenvalue weighted by molar-refractivity contribution is 5.67. The molecule has 11 heavy (non-hydrogen) atoms. The number of carboxylic acid groups (broad SMARTS) is 1. The molecule has 64 valence electrons. The van der Waals surface area contributed by atoms with Crippen LogP contribution < -0.4 is 0 Å². The van der Waals surface area contributed by atoms with E-state index in [1.165, 1.54) is 0 Å². The predicted octanol–water partition coefficient (Wildman–Crippen LogP) is 1.28. The third-order valence-corrected chi connectivity index (χ3v) is 2.29. The number of hydrogen-bond donors (Lipinski definition) is 1. The van der Waals surface area contributed by atoms with Crippen LogP contribution in [0.4, 0.5) is 0 Å². The van der Waals surface area contributed by atoms with Crippen molar-refractivity contribution in [3.8, 4) is 0 Å². The smallest absolute Gasteiger partial charge is 0.303 e. The molecular weight excluding hydrogens is 144 g/mol. The number of carboxylic acids is 1. The van der Waals surface area contributed by atoms with Crippen LogP contribution in [0.1, 0.15) is 25.7 Å². The number of carbonyl (C=O) groups is 1. The normalized spacial score (nSPS) is 30.6. The Labute approximate surface area is 66.4 Å². The van der Waals surface area contributed by atoms with Crippen molar-refractivity contribution >= 4 is 5.97 Å². The highest BCUT2D eigenvalue weighted by Gasteiger charge is 2.25. The minimum absolute atomic E-state index is 0.305. The van der Waals surface area contributed by atoms with Gasteiger partial charge in [0.25, 0.3) is 0 Å². The van der Waals surface area contributed by atoms with E-state index in [0.29, 0.717) is 18.4 Å². The summed E-state index contributed by atoms with van der Waals surface area (Å²) in [7, 11) is 1.69. The van der Waals surface area contributed by atoms with E-state index in [9.17, 15) is 4.79 Å². The lowest BCUT2D eigenvalue weighted by Gasteiger charge is -2.06.